The molecule has 1 aliphatic carbocycles. The van der Waals surface area contributed by atoms with Crippen LogP contribution >= 0.6 is 11.6 Å². The summed E-state index contributed by atoms with van der Waals surface area (Å²) in [6, 6.07) is 9.78. The fourth-order valence-electron chi connectivity index (χ4n) is 1.32. The molecule has 0 radical (unpaired) electrons. The molecular formula is C12H11ClO. The van der Waals surface area contributed by atoms with Crippen molar-refractivity contribution in [1.82, 2.24) is 0 Å². The van der Waals surface area contributed by atoms with Gasteiger partial charge in [0.1, 0.15) is 11.5 Å². The molecule has 0 unspecified atom stereocenters. The fourth-order valence-corrected chi connectivity index (χ4v) is 1.48. The molecule has 0 saturated carbocycles. The maximum Gasteiger partial charge on any atom is 0.126 e. The van der Waals surface area contributed by atoms with Crippen LogP contribution < -0.4 is 4.74 Å². The second-order valence-corrected chi connectivity index (χ2v) is 3.65. The molecule has 0 aromatic heterocycles. The van der Waals surface area contributed by atoms with E-state index in [1.165, 1.54) is 0 Å². The van der Waals surface area contributed by atoms with Crippen LogP contribution in [0.25, 0.3) is 0 Å². The molecule has 14 heavy (non-hydrogen) atoms. The van der Waals surface area contributed by atoms with Gasteiger partial charge >= 0.3 is 0 Å². The lowest BCUT2D eigenvalue weighted by molar-refractivity contribution is 0.402. The SMILES string of the molecule is ClC1=CC=C(Oc2ccccc2)CC1. The van der Waals surface area contributed by atoms with E-state index in [-0.39, 0.29) is 0 Å². The zero-order valence-corrected chi connectivity index (χ0v) is 8.50. The van der Waals surface area contributed by atoms with E-state index in [0.717, 1.165) is 29.4 Å². The summed E-state index contributed by atoms with van der Waals surface area (Å²) in [5.41, 5.74) is 0. The highest BCUT2D eigenvalue weighted by Crippen LogP contribution is 2.23. The van der Waals surface area contributed by atoms with Crippen molar-refractivity contribution in [3.05, 3.63) is 53.3 Å². The molecule has 0 fully saturated rings. The Morgan fingerprint density at radius 2 is 1.79 bits per heavy atom. The van der Waals surface area contributed by atoms with Crippen LogP contribution in [0.3, 0.4) is 0 Å². The molecule has 0 amide bonds. The molecule has 0 spiro atoms. The Balaban J connectivity index is 2.06. The van der Waals surface area contributed by atoms with Crippen LogP contribution in [0.1, 0.15) is 12.8 Å². The van der Waals surface area contributed by atoms with Crippen LogP contribution in [0, 0.1) is 0 Å². The first-order valence-corrected chi connectivity index (χ1v) is 5.00. The zero-order valence-electron chi connectivity index (χ0n) is 7.74. The third-order valence-corrected chi connectivity index (χ3v) is 2.37. The van der Waals surface area contributed by atoms with Gasteiger partial charge in [-0.25, -0.2) is 0 Å². The Morgan fingerprint density at radius 1 is 1.00 bits per heavy atom. The number of ether oxygens (including phenoxy) is 1. The van der Waals surface area contributed by atoms with E-state index in [0.29, 0.717) is 0 Å². The predicted molar refractivity (Wildman–Crippen MR) is 58.3 cm³/mol. The Hall–Kier alpha value is -1.21. The van der Waals surface area contributed by atoms with Crippen LogP contribution in [-0.4, -0.2) is 0 Å². The molecule has 0 heterocycles. The van der Waals surface area contributed by atoms with Crippen molar-refractivity contribution in [1.29, 1.82) is 0 Å². The summed E-state index contributed by atoms with van der Waals surface area (Å²) < 4.78 is 5.66. The van der Waals surface area contributed by atoms with Crippen molar-refractivity contribution in [3.8, 4) is 5.75 Å². The average molecular weight is 207 g/mol. The van der Waals surface area contributed by atoms with Gasteiger partial charge in [-0.1, -0.05) is 29.8 Å². The summed E-state index contributed by atoms with van der Waals surface area (Å²) >= 11 is 5.85. The maximum absolute atomic E-state index is 5.85. The van der Waals surface area contributed by atoms with Gasteiger partial charge in [0.15, 0.2) is 0 Å². The molecule has 1 aromatic rings. The molecule has 0 saturated heterocycles. The van der Waals surface area contributed by atoms with Crippen LogP contribution in [0.2, 0.25) is 0 Å². The van der Waals surface area contributed by atoms with Crippen molar-refractivity contribution in [3.63, 3.8) is 0 Å². The summed E-state index contributed by atoms with van der Waals surface area (Å²) in [6.07, 6.45) is 5.58. The van der Waals surface area contributed by atoms with Crippen molar-refractivity contribution < 1.29 is 4.74 Å². The zero-order chi connectivity index (χ0) is 9.80. The minimum absolute atomic E-state index is 0.875. The van der Waals surface area contributed by atoms with Crippen LogP contribution in [0.4, 0.5) is 0 Å². The van der Waals surface area contributed by atoms with E-state index < -0.39 is 0 Å². The third kappa shape index (κ3) is 2.39. The number of allylic oxidation sites excluding steroid dienone is 4. The highest BCUT2D eigenvalue weighted by molar-refractivity contribution is 6.29. The number of hydrogen-bond donors (Lipinski definition) is 0. The van der Waals surface area contributed by atoms with Gasteiger partial charge < -0.3 is 4.74 Å². The van der Waals surface area contributed by atoms with E-state index in [1.807, 2.05) is 42.5 Å². The molecule has 1 aromatic carbocycles. The maximum atomic E-state index is 5.85. The van der Waals surface area contributed by atoms with Gasteiger partial charge in [-0.05, 0) is 30.7 Å². The molecule has 1 nitrogen and oxygen atoms in total. The molecule has 72 valence electrons. The molecule has 0 N–H and O–H groups in total. The van der Waals surface area contributed by atoms with Crippen molar-refractivity contribution in [2.75, 3.05) is 0 Å². The molecular weight excluding hydrogens is 196 g/mol. The van der Waals surface area contributed by atoms with E-state index in [4.69, 9.17) is 16.3 Å². The lowest BCUT2D eigenvalue weighted by Gasteiger charge is -2.12. The smallest absolute Gasteiger partial charge is 0.126 e. The summed E-state index contributed by atoms with van der Waals surface area (Å²) in [5.74, 6) is 1.85. The van der Waals surface area contributed by atoms with Crippen molar-refractivity contribution >= 4 is 11.6 Å². The van der Waals surface area contributed by atoms with Gasteiger partial charge in [0.05, 0.1) is 0 Å². The Bertz CT molecular complexity index is 365. The summed E-state index contributed by atoms with van der Waals surface area (Å²) in [6.45, 7) is 0. The number of benzene rings is 1. The Labute approximate surface area is 88.7 Å². The molecule has 2 heteroatoms. The monoisotopic (exact) mass is 206 g/mol. The first-order valence-electron chi connectivity index (χ1n) is 4.63. The van der Waals surface area contributed by atoms with E-state index in [1.54, 1.807) is 0 Å². The Morgan fingerprint density at radius 3 is 2.43 bits per heavy atom. The fraction of sp³-hybridized carbons (Fsp3) is 0.167. The van der Waals surface area contributed by atoms with E-state index in [9.17, 15) is 0 Å². The topological polar surface area (TPSA) is 9.23 Å². The van der Waals surface area contributed by atoms with Gasteiger partial charge in [-0.15, -0.1) is 0 Å². The van der Waals surface area contributed by atoms with Gasteiger partial charge in [-0.3, -0.25) is 0 Å². The van der Waals surface area contributed by atoms with E-state index >= 15 is 0 Å². The minimum Gasteiger partial charge on any atom is -0.462 e. The highest BCUT2D eigenvalue weighted by Gasteiger charge is 2.05. The quantitative estimate of drug-likeness (QED) is 0.714. The molecule has 2 rings (SSSR count). The minimum atomic E-state index is 0.875. The second kappa shape index (κ2) is 4.34. The van der Waals surface area contributed by atoms with E-state index in [2.05, 4.69) is 0 Å². The van der Waals surface area contributed by atoms with Crippen LogP contribution in [-0.2, 0) is 0 Å². The predicted octanol–water partition coefficient (Wildman–Crippen LogP) is 3.87. The normalized spacial score (nSPS) is 15.8. The number of hydrogen-bond acceptors (Lipinski definition) is 1. The molecule has 0 atom stereocenters. The van der Waals surface area contributed by atoms with Gasteiger partial charge in [0.2, 0.25) is 0 Å². The second-order valence-electron chi connectivity index (χ2n) is 3.16. The lowest BCUT2D eigenvalue weighted by atomic mass is 10.1. The largest absolute Gasteiger partial charge is 0.462 e. The van der Waals surface area contributed by atoms with Gasteiger partial charge in [0.25, 0.3) is 0 Å². The first-order chi connectivity index (χ1) is 6.84. The number of para-hydroxylation sites is 1. The van der Waals surface area contributed by atoms with Crippen molar-refractivity contribution in [2.24, 2.45) is 0 Å². The number of rotatable bonds is 2. The third-order valence-electron chi connectivity index (χ3n) is 2.05. The van der Waals surface area contributed by atoms with Gasteiger partial charge in [-0.2, -0.15) is 0 Å². The molecule has 1 aliphatic rings. The van der Waals surface area contributed by atoms with Crippen molar-refractivity contribution in [2.45, 2.75) is 12.8 Å². The lowest BCUT2D eigenvalue weighted by Crippen LogP contribution is -1.98. The van der Waals surface area contributed by atoms with Gasteiger partial charge in [0, 0.05) is 11.5 Å². The van der Waals surface area contributed by atoms with Crippen LogP contribution in [0.5, 0.6) is 5.75 Å². The molecule has 0 bridgehead atoms. The summed E-state index contributed by atoms with van der Waals surface area (Å²) in [5, 5.41) is 0.894. The van der Waals surface area contributed by atoms with Crippen LogP contribution in [0.15, 0.2) is 53.3 Å². The first kappa shape index (κ1) is 9.35. The summed E-state index contributed by atoms with van der Waals surface area (Å²) in [7, 11) is 0. The standard InChI is InChI=1S/C12H11ClO/c13-10-6-8-12(9-7-10)14-11-4-2-1-3-5-11/h1-6,8H,7,9H2. The molecule has 0 aliphatic heterocycles. The highest BCUT2D eigenvalue weighted by atomic mass is 35.5. The number of halogens is 1. The average Bonchev–Trinajstić information content (AvgIpc) is 2.23. The summed E-state index contributed by atoms with van der Waals surface area (Å²) in [4.78, 5) is 0. The Kier molecular flexibility index (Phi) is 2.90.